The van der Waals surface area contributed by atoms with Crippen LogP contribution in [-0.4, -0.2) is 24.6 Å². The molecule has 0 amide bonds. The van der Waals surface area contributed by atoms with E-state index >= 15 is 0 Å². The Morgan fingerprint density at radius 3 is 2.62 bits per heavy atom. The van der Waals surface area contributed by atoms with E-state index in [4.69, 9.17) is 0 Å². The zero-order chi connectivity index (χ0) is 8.23. The van der Waals surface area contributed by atoms with Gasteiger partial charge >= 0.3 is 0 Å². The number of aromatic nitrogens is 1. The summed E-state index contributed by atoms with van der Waals surface area (Å²) in [4.78, 5) is 3.95. The van der Waals surface area contributed by atoms with E-state index in [0.717, 1.165) is 31.2 Å². The van der Waals surface area contributed by atoms with Gasteiger partial charge in [-0.2, -0.15) is 0 Å². The molecule has 1 aliphatic rings. The summed E-state index contributed by atoms with van der Waals surface area (Å²) in [5, 5.41) is 6.61. The average Bonchev–Trinajstić information content (AvgIpc) is 2.04. The maximum Gasteiger partial charge on any atom is 0.0371 e. The van der Waals surface area contributed by atoms with Crippen molar-refractivity contribution in [3.05, 3.63) is 24.5 Å². The minimum absolute atomic E-state index is 0. The normalized spacial score (nSPS) is 15.7. The van der Waals surface area contributed by atoms with Crippen LogP contribution in [0.1, 0.15) is 0 Å². The summed E-state index contributed by atoms with van der Waals surface area (Å²) in [6, 6.07) is 3.98. The van der Waals surface area contributed by atoms with E-state index < -0.39 is 0 Å². The van der Waals surface area contributed by atoms with Gasteiger partial charge in [0, 0.05) is 43.6 Å². The van der Waals surface area contributed by atoms with Crippen molar-refractivity contribution in [2.24, 2.45) is 5.92 Å². The third-order valence-corrected chi connectivity index (χ3v) is 2.14. The molecule has 2 N–H and O–H groups in total. The van der Waals surface area contributed by atoms with Gasteiger partial charge in [0.05, 0.1) is 0 Å². The maximum atomic E-state index is 3.95. The molecule has 2 heterocycles. The number of nitrogens with zero attached hydrogens (tertiary/aromatic N) is 1. The van der Waals surface area contributed by atoms with Gasteiger partial charge in [-0.1, -0.05) is 0 Å². The highest BCUT2D eigenvalue weighted by molar-refractivity contribution is 5.85. The van der Waals surface area contributed by atoms with Gasteiger partial charge in [-0.25, -0.2) is 0 Å². The Bertz CT molecular complexity index is 236. The van der Waals surface area contributed by atoms with Crippen LogP contribution in [0.25, 0.3) is 0 Å². The van der Waals surface area contributed by atoms with Crippen molar-refractivity contribution in [1.29, 1.82) is 0 Å². The van der Waals surface area contributed by atoms with E-state index in [2.05, 4.69) is 15.6 Å². The standard InChI is InChI=1S/C9H13N3.ClH/c1-3-10-4-2-9(1)12-7-8-5-11-6-8;/h1-4,8,11H,5-7H2,(H,10,12);1H. The highest BCUT2D eigenvalue weighted by atomic mass is 35.5. The number of rotatable bonds is 3. The molecule has 3 nitrogen and oxygen atoms in total. The first-order valence-electron chi connectivity index (χ1n) is 4.30. The van der Waals surface area contributed by atoms with Crippen molar-refractivity contribution >= 4 is 18.1 Å². The van der Waals surface area contributed by atoms with Crippen LogP contribution >= 0.6 is 12.4 Å². The van der Waals surface area contributed by atoms with Crippen LogP contribution in [-0.2, 0) is 0 Å². The predicted octanol–water partition coefficient (Wildman–Crippen LogP) is 1.13. The monoisotopic (exact) mass is 199 g/mol. The van der Waals surface area contributed by atoms with Crippen molar-refractivity contribution in [3.63, 3.8) is 0 Å². The summed E-state index contributed by atoms with van der Waals surface area (Å²) in [5.41, 5.74) is 1.16. The summed E-state index contributed by atoms with van der Waals surface area (Å²) in [6.07, 6.45) is 3.61. The molecule has 1 aromatic heterocycles. The minimum Gasteiger partial charge on any atom is -0.385 e. The zero-order valence-corrected chi connectivity index (χ0v) is 8.18. The lowest BCUT2D eigenvalue weighted by Gasteiger charge is -2.27. The Balaban J connectivity index is 0.000000845. The van der Waals surface area contributed by atoms with Gasteiger partial charge in [0.2, 0.25) is 0 Å². The summed E-state index contributed by atoms with van der Waals surface area (Å²) in [7, 11) is 0. The van der Waals surface area contributed by atoms with Gasteiger partial charge < -0.3 is 10.6 Å². The molecule has 0 unspecified atom stereocenters. The molecule has 2 rings (SSSR count). The molecule has 1 saturated heterocycles. The Morgan fingerprint density at radius 1 is 1.38 bits per heavy atom. The lowest BCUT2D eigenvalue weighted by molar-refractivity contribution is 0.365. The largest absolute Gasteiger partial charge is 0.385 e. The molecule has 0 atom stereocenters. The first-order valence-corrected chi connectivity index (χ1v) is 4.30. The number of pyridine rings is 1. The van der Waals surface area contributed by atoms with Crippen LogP contribution < -0.4 is 10.6 Å². The second kappa shape index (κ2) is 5.04. The second-order valence-corrected chi connectivity index (χ2v) is 3.14. The van der Waals surface area contributed by atoms with Crippen molar-refractivity contribution in [2.75, 3.05) is 25.0 Å². The van der Waals surface area contributed by atoms with Gasteiger partial charge in [0.1, 0.15) is 0 Å². The van der Waals surface area contributed by atoms with E-state index in [1.54, 1.807) is 12.4 Å². The number of hydrogen-bond acceptors (Lipinski definition) is 3. The van der Waals surface area contributed by atoms with Crippen LogP contribution in [0, 0.1) is 5.92 Å². The van der Waals surface area contributed by atoms with Crippen molar-refractivity contribution in [1.82, 2.24) is 10.3 Å². The van der Waals surface area contributed by atoms with Gasteiger partial charge in [-0.05, 0) is 12.1 Å². The molecule has 1 fully saturated rings. The SMILES string of the molecule is Cl.c1cc(NCC2CNC2)ccn1. The number of nitrogens with one attached hydrogen (secondary N) is 2. The van der Waals surface area contributed by atoms with E-state index in [0.29, 0.717) is 0 Å². The molecular formula is C9H14ClN3. The quantitative estimate of drug-likeness (QED) is 0.767. The Hall–Kier alpha value is -0.800. The van der Waals surface area contributed by atoms with Crippen molar-refractivity contribution < 1.29 is 0 Å². The molecule has 1 aliphatic heterocycles. The van der Waals surface area contributed by atoms with Gasteiger partial charge in [0.25, 0.3) is 0 Å². The molecule has 0 aliphatic carbocycles. The second-order valence-electron chi connectivity index (χ2n) is 3.14. The lowest BCUT2D eigenvalue weighted by atomic mass is 10.0. The molecule has 4 heteroatoms. The van der Waals surface area contributed by atoms with E-state index in [-0.39, 0.29) is 12.4 Å². The number of anilines is 1. The fourth-order valence-corrected chi connectivity index (χ4v) is 1.22. The molecule has 0 bridgehead atoms. The highest BCUT2D eigenvalue weighted by Gasteiger charge is 2.15. The number of halogens is 1. The van der Waals surface area contributed by atoms with Crippen LogP contribution in [0.15, 0.2) is 24.5 Å². The van der Waals surface area contributed by atoms with Gasteiger partial charge in [-0.15, -0.1) is 12.4 Å². The highest BCUT2D eigenvalue weighted by Crippen LogP contribution is 2.07. The summed E-state index contributed by atoms with van der Waals surface area (Å²) in [6.45, 7) is 3.37. The maximum absolute atomic E-state index is 3.95. The molecule has 13 heavy (non-hydrogen) atoms. The summed E-state index contributed by atoms with van der Waals surface area (Å²) >= 11 is 0. The zero-order valence-electron chi connectivity index (χ0n) is 7.36. The smallest absolute Gasteiger partial charge is 0.0371 e. The van der Waals surface area contributed by atoms with E-state index in [9.17, 15) is 0 Å². The van der Waals surface area contributed by atoms with Crippen molar-refractivity contribution in [3.8, 4) is 0 Å². The van der Waals surface area contributed by atoms with Crippen LogP contribution in [0.4, 0.5) is 5.69 Å². The minimum atomic E-state index is 0. The third-order valence-electron chi connectivity index (χ3n) is 2.14. The predicted molar refractivity (Wildman–Crippen MR) is 56.3 cm³/mol. The van der Waals surface area contributed by atoms with Gasteiger partial charge in [-0.3, -0.25) is 4.98 Å². The Kier molecular flexibility index (Phi) is 3.99. The molecule has 0 saturated carbocycles. The fraction of sp³-hybridized carbons (Fsp3) is 0.444. The fourth-order valence-electron chi connectivity index (χ4n) is 1.22. The molecule has 1 aromatic rings. The van der Waals surface area contributed by atoms with Gasteiger partial charge in [0.15, 0.2) is 0 Å². The van der Waals surface area contributed by atoms with Crippen LogP contribution in [0.3, 0.4) is 0 Å². The third kappa shape index (κ3) is 2.86. The number of hydrogen-bond donors (Lipinski definition) is 2. The van der Waals surface area contributed by atoms with E-state index in [1.165, 1.54) is 0 Å². The Morgan fingerprint density at radius 2 is 2.08 bits per heavy atom. The van der Waals surface area contributed by atoms with E-state index in [1.807, 2.05) is 12.1 Å². The average molecular weight is 200 g/mol. The molecule has 72 valence electrons. The topological polar surface area (TPSA) is 37.0 Å². The molecular weight excluding hydrogens is 186 g/mol. The molecule has 0 aromatic carbocycles. The molecule has 0 radical (unpaired) electrons. The first-order chi connectivity index (χ1) is 5.95. The van der Waals surface area contributed by atoms with Crippen LogP contribution in [0.5, 0.6) is 0 Å². The summed E-state index contributed by atoms with van der Waals surface area (Å²) in [5.74, 6) is 0.804. The first kappa shape index (κ1) is 10.3. The summed E-state index contributed by atoms with van der Waals surface area (Å²) < 4.78 is 0. The van der Waals surface area contributed by atoms with Crippen LogP contribution in [0.2, 0.25) is 0 Å². The Labute approximate surface area is 84.4 Å². The van der Waals surface area contributed by atoms with Crippen molar-refractivity contribution in [2.45, 2.75) is 0 Å². The lowest BCUT2D eigenvalue weighted by Crippen LogP contribution is -2.45. The molecule has 0 spiro atoms.